The zero-order chi connectivity index (χ0) is 12.8. The van der Waals surface area contributed by atoms with Crippen LogP contribution in [0.1, 0.15) is 6.92 Å². The Morgan fingerprint density at radius 3 is 2.71 bits per heavy atom. The second-order valence-electron chi connectivity index (χ2n) is 3.64. The lowest BCUT2D eigenvalue weighted by Gasteiger charge is -2.17. The molecule has 0 bridgehead atoms. The van der Waals surface area contributed by atoms with E-state index in [1.165, 1.54) is 4.90 Å². The molecule has 0 unspecified atom stereocenters. The quantitative estimate of drug-likeness (QED) is 0.604. The second-order valence-corrected chi connectivity index (χ2v) is 3.64. The van der Waals surface area contributed by atoms with E-state index in [0.717, 1.165) is 4.90 Å². The molecule has 0 aliphatic carbocycles. The predicted octanol–water partition coefficient (Wildman–Crippen LogP) is -0.540. The molecule has 0 N–H and O–H groups in total. The van der Waals surface area contributed by atoms with Crippen molar-refractivity contribution in [3.05, 3.63) is 0 Å². The second kappa shape index (κ2) is 6.19. The number of likely N-dealkylation sites (N-methyl/N-ethyl adjacent to an activating group) is 1. The normalized spacial score (nSPS) is 15.0. The zero-order valence-corrected chi connectivity index (χ0v) is 9.97. The molecule has 0 spiro atoms. The highest BCUT2D eigenvalue weighted by Gasteiger charge is 2.28. The van der Waals surface area contributed by atoms with E-state index in [2.05, 4.69) is 4.74 Å². The van der Waals surface area contributed by atoms with E-state index in [1.807, 2.05) is 0 Å². The summed E-state index contributed by atoms with van der Waals surface area (Å²) in [6, 6.07) is 0. The maximum absolute atomic E-state index is 11.6. The summed E-state index contributed by atoms with van der Waals surface area (Å²) in [5, 5.41) is 0. The van der Waals surface area contributed by atoms with Gasteiger partial charge in [-0.2, -0.15) is 0 Å². The maximum atomic E-state index is 11.6. The van der Waals surface area contributed by atoms with Crippen LogP contribution in [-0.4, -0.2) is 67.7 Å². The first-order valence-corrected chi connectivity index (χ1v) is 5.36. The number of amides is 2. The van der Waals surface area contributed by atoms with Crippen molar-refractivity contribution in [3.8, 4) is 0 Å². The monoisotopic (exact) mass is 244 g/mol. The van der Waals surface area contributed by atoms with Crippen molar-refractivity contribution >= 4 is 18.0 Å². The average Bonchev–Trinajstić information content (AvgIpc) is 2.64. The highest BCUT2D eigenvalue weighted by molar-refractivity contribution is 5.94. The number of carbonyl (C=O) groups excluding carboxylic acids is 3. The van der Waals surface area contributed by atoms with Crippen molar-refractivity contribution < 1.29 is 23.9 Å². The Bertz CT molecular complexity index is 318. The third-order valence-corrected chi connectivity index (χ3v) is 2.17. The number of nitrogens with zero attached hydrogens (tertiary/aromatic N) is 2. The Morgan fingerprint density at radius 1 is 1.47 bits per heavy atom. The van der Waals surface area contributed by atoms with Gasteiger partial charge in [0.25, 0.3) is 0 Å². The van der Waals surface area contributed by atoms with Crippen LogP contribution in [0.25, 0.3) is 0 Å². The smallest absolute Gasteiger partial charge is 0.416 e. The third-order valence-electron chi connectivity index (χ3n) is 2.17. The molecule has 1 heterocycles. The number of carbonyl (C=O) groups is 3. The summed E-state index contributed by atoms with van der Waals surface area (Å²) in [6.45, 7) is 2.51. The first-order valence-electron chi connectivity index (χ1n) is 5.36. The molecular formula is C10H16N2O5. The van der Waals surface area contributed by atoms with Crippen LogP contribution in [0.5, 0.6) is 0 Å². The number of hydrogen-bond acceptors (Lipinski definition) is 6. The number of hydrogen-bond donors (Lipinski definition) is 0. The van der Waals surface area contributed by atoms with Crippen LogP contribution in [0.15, 0.2) is 0 Å². The average molecular weight is 244 g/mol. The number of cyclic esters (lactones) is 1. The first-order chi connectivity index (χ1) is 8.04. The number of esters is 1. The molecule has 0 aromatic carbocycles. The lowest BCUT2D eigenvalue weighted by Crippen LogP contribution is -2.41. The molecule has 7 nitrogen and oxygen atoms in total. The summed E-state index contributed by atoms with van der Waals surface area (Å²) < 4.78 is 9.39. The molecule has 1 rings (SSSR count). The van der Waals surface area contributed by atoms with E-state index < -0.39 is 12.1 Å². The van der Waals surface area contributed by atoms with E-state index >= 15 is 0 Å². The summed E-state index contributed by atoms with van der Waals surface area (Å²) in [4.78, 5) is 36.4. The fourth-order valence-corrected chi connectivity index (χ4v) is 1.42. The molecule has 0 atom stereocenters. The molecule has 1 saturated heterocycles. The fraction of sp³-hybridized carbons (Fsp3) is 0.700. The molecule has 17 heavy (non-hydrogen) atoms. The minimum Gasteiger partial charge on any atom is -0.465 e. The van der Waals surface area contributed by atoms with Crippen LogP contribution in [0.4, 0.5) is 4.79 Å². The molecule has 0 aromatic rings. The maximum Gasteiger partial charge on any atom is 0.416 e. The minimum atomic E-state index is -0.625. The molecule has 1 aliphatic heterocycles. The van der Waals surface area contributed by atoms with Crippen molar-refractivity contribution in [1.29, 1.82) is 0 Å². The number of rotatable bonds is 5. The van der Waals surface area contributed by atoms with Crippen molar-refractivity contribution in [1.82, 2.24) is 9.80 Å². The topological polar surface area (TPSA) is 76.2 Å². The summed E-state index contributed by atoms with van der Waals surface area (Å²) >= 11 is 0. The molecule has 1 aliphatic rings. The summed E-state index contributed by atoms with van der Waals surface area (Å²) in [5.74, 6) is -0.772. The van der Waals surface area contributed by atoms with Gasteiger partial charge in [0.1, 0.15) is 6.61 Å². The van der Waals surface area contributed by atoms with E-state index in [4.69, 9.17) is 4.74 Å². The van der Waals surface area contributed by atoms with Gasteiger partial charge < -0.3 is 9.47 Å². The number of imide groups is 1. The first kappa shape index (κ1) is 13.4. The molecule has 0 aromatic heterocycles. The highest BCUT2D eigenvalue weighted by Crippen LogP contribution is 2.04. The van der Waals surface area contributed by atoms with Gasteiger partial charge in [0.05, 0.1) is 26.2 Å². The van der Waals surface area contributed by atoms with Gasteiger partial charge in [-0.25, -0.2) is 9.69 Å². The molecule has 7 heteroatoms. The van der Waals surface area contributed by atoms with E-state index in [-0.39, 0.29) is 32.1 Å². The van der Waals surface area contributed by atoms with Crippen LogP contribution >= 0.6 is 0 Å². The Morgan fingerprint density at radius 2 is 2.18 bits per heavy atom. The Hall–Kier alpha value is -1.63. The van der Waals surface area contributed by atoms with Crippen LogP contribution in [-0.2, 0) is 19.1 Å². The van der Waals surface area contributed by atoms with Gasteiger partial charge in [-0.15, -0.1) is 0 Å². The zero-order valence-electron chi connectivity index (χ0n) is 9.97. The van der Waals surface area contributed by atoms with Gasteiger partial charge in [-0.3, -0.25) is 14.5 Å². The van der Waals surface area contributed by atoms with Gasteiger partial charge >= 0.3 is 12.1 Å². The largest absolute Gasteiger partial charge is 0.465 e. The lowest BCUT2D eigenvalue weighted by molar-refractivity contribution is -0.144. The molecule has 0 saturated carbocycles. The van der Waals surface area contributed by atoms with Crippen molar-refractivity contribution in [3.63, 3.8) is 0 Å². The van der Waals surface area contributed by atoms with Gasteiger partial charge in [-0.05, 0) is 14.0 Å². The van der Waals surface area contributed by atoms with Gasteiger partial charge in [0, 0.05) is 0 Å². The van der Waals surface area contributed by atoms with E-state index in [1.54, 1.807) is 14.0 Å². The molecule has 1 fully saturated rings. The minimum absolute atomic E-state index is 0.0163. The van der Waals surface area contributed by atoms with Gasteiger partial charge in [-0.1, -0.05) is 0 Å². The molecule has 0 radical (unpaired) electrons. The van der Waals surface area contributed by atoms with Crippen molar-refractivity contribution in [2.24, 2.45) is 0 Å². The van der Waals surface area contributed by atoms with Crippen LogP contribution in [0, 0.1) is 0 Å². The summed E-state index contributed by atoms with van der Waals surface area (Å²) in [5.41, 5.74) is 0. The van der Waals surface area contributed by atoms with E-state index in [0.29, 0.717) is 6.61 Å². The highest BCUT2D eigenvalue weighted by atomic mass is 16.6. The molecule has 96 valence electrons. The van der Waals surface area contributed by atoms with E-state index in [9.17, 15) is 14.4 Å². The third kappa shape index (κ3) is 4.03. The standard InChI is InChI=1S/C10H16N2O5/c1-3-16-9(14)7-11(2)6-8(13)12-4-5-17-10(12)15/h3-7H2,1-2H3. The molecular weight excluding hydrogens is 228 g/mol. The predicted molar refractivity (Wildman–Crippen MR) is 57.2 cm³/mol. The van der Waals surface area contributed by atoms with Crippen molar-refractivity contribution in [2.45, 2.75) is 6.92 Å². The fourth-order valence-electron chi connectivity index (χ4n) is 1.42. The van der Waals surface area contributed by atoms with Gasteiger partial charge in [0.2, 0.25) is 5.91 Å². The Labute approximate surface area is 99.2 Å². The number of ether oxygens (including phenoxy) is 2. The Balaban J connectivity index is 2.35. The molecule has 2 amide bonds. The van der Waals surface area contributed by atoms with Crippen LogP contribution in [0.2, 0.25) is 0 Å². The van der Waals surface area contributed by atoms with Crippen LogP contribution < -0.4 is 0 Å². The van der Waals surface area contributed by atoms with Gasteiger partial charge in [0.15, 0.2) is 0 Å². The van der Waals surface area contributed by atoms with Crippen LogP contribution in [0.3, 0.4) is 0 Å². The SMILES string of the molecule is CCOC(=O)CN(C)CC(=O)N1CCOC1=O. The summed E-state index contributed by atoms with van der Waals surface area (Å²) in [7, 11) is 1.61. The lowest BCUT2D eigenvalue weighted by atomic mass is 10.4. The Kier molecular flexibility index (Phi) is 4.89. The van der Waals surface area contributed by atoms with Crippen molar-refractivity contribution in [2.75, 3.05) is 39.9 Å². The summed E-state index contributed by atoms with van der Waals surface area (Å²) in [6.07, 6.45) is -0.625.